The quantitative estimate of drug-likeness (QED) is 0.0262. The Hall–Kier alpha value is -2.63. The number of carbonyl (C=O) groups is 3. The van der Waals surface area contributed by atoms with Gasteiger partial charge in [-0.15, -0.1) is 0 Å². The Morgan fingerprint density at radius 3 is 0.922 bits per heavy atom. The fraction of sp³-hybridized carbons (Fsp3) is 0.810. The van der Waals surface area contributed by atoms with Crippen molar-refractivity contribution in [2.24, 2.45) is 0 Å². The van der Waals surface area contributed by atoms with E-state index in [9.17, 15) is 14.4 Å². The molecule has 0 aliphatic heterocycles. The second-order valence-electron chi connectivity index (χ2n) is 18.5. The fourth-order valence-corrected chi connectivity index (χ4v) is 7.86. The van der Waals surface area contributed by atoms with Crippen molar-refractivity contribution < 1.29 is 28.6 Å². The van der Waals surface area contributed by atoms with Crippen LogP contribution in [0, 0.1) is 0 Å². The highest BCUT2D eigenvalue weighted by Crippen LogP contribution is 2.15. The molecule has 1 atom stereocenters. The molecule has 6 nitrogen and oxygen atoms in total. The molecule has 0 saturated carbocycles. The molecule has 0 aromatic carbocycles. The van der Waals surface area contributed by atoms with E-state index in [-0.39, 0.29) is 31.1 Å². The number of carbonyl (C=O) groups excluding carboxylic acids is 3. The molecular formula is C58H104O6. The lowest BCUT2D eigenvalue weighted by Crippen LogP contribution is -2.30. The van der Waals surface area contributed by atoms with Crippen LogP contribution >= 0.6 is 0 Å². The van der Waals surface area contributed by atoms with Gasteiger partial charge in [-0.2, -0.15) is 0 Å². The molecule has 0 aliphatic rings. The Kier molecular flexibility index (Phi) is 50.8. The van der Waals surface area contributed by atoms with Gasteiger partial charge in [0.25, 0.3) is 0 Å². The SMILES string of the molecule is CCCCC/C=C\C/C=C\C/C=C\CCCCCCC(=O)O[C@@H](COC(=O)CCCCCCCCC/C=C\CCCCCCCCCC)COC(=O)CCCCCCCCCCCC. The van der Waals surface area contributed by atoms with Crippen LogP contribution in [0.5, 0.6) is 0 Å². The van der Waals surface area contributed by atoms with Crippen molar-refractivity contribution in [3.63, 3.8) is 0 Å². The first-order valence-electron chi connectivity index (χ1n) is 27.6. The standard InChI is InChI=1S/C58H104O6/c1-4-7-10-13-16-19-22-24-26-28-29-31-32-34-36-39-42-45-48-51-57(60)63-54-55(53-62-56(59)50-47-44-41-38-21-18-15-12-9-6-3)64-58(61)52-49-46-43-40-37-35-33-30-27-25-23-20-17-14-11-8-5-2/h17,20,25,27-29,33,35,55H,4-16,18-19,21-24,26,30-32,34,36-54H2,1-3H3/b20-17-,27-25-,29-28-,35-33-/t55-/m1/s1. The molecule has 0 heterocycles. The monoisotopic (exact) mass is 897 g/mol. The Balaban J connectivity index is 4.35. The largest absolute Gasteiger partial charge is 0.462 e. The molecule has 0 rings (SSSR count). The first-order chi connectivity index (χ1) is 31.5. The van der Waals surface area contributed by atoms with Crippen molar-refractivity contribution in [3.8, 4) is 0 Å². The van der Waals surface area contributed by atoms with E-state index in [1.165, 1.54) is 161 Å². The van der Waals surface area contributed by atoms with Crippen LogP contribution in [0.2, 0.25) is 0 Å². The number of allylic oxidation sites excluding steroid dienone is 8. The lowest BCUT2D eigenvalue weighted by molar-refractivity contribution is -0.167. The highest BCUT2D eigenvalue weighted by Gasteiger charge is 2.19. The van der Waals surface area contributed by atoms with Gasteiger partial charge in [0.1, 0.15) is 13.2 Å². The smallest absolute Gasteiger partial charge is 0.306 e. The summed E-state index contributed by atoms with van der Waals surface area (Å²) in [4.78, 5) is 38.0. The van der Waals surface area contributed by atoms with Gasteiger partial charge in [-0.1, -0.05) is 230 Å². The van der Waals surface area contributed by atoms with Crippen molar-refractivity contribution >= 4 is 17.9 Å². The molecule has 0 bridgehead atoms. The molecule has 0 N–H and O–H groups in total. The van der Waals surface area contributed by atoms with Gasteiger partial charge >= 0.3 is 17.9 Å². The summed E-state index contributed by atoms with van der Waals surface area (Å²) in [5.74, 6) is -0.899. The fourth-order valence-electron chi connectivity index (χ4n) is 7.86. The highest BCUT2D eigenvalue weighted by atomic mass is 16.6. The molecule has 0 aromatic heterocycles. The molecular weight excluding hydrogens is 793 g/mol. The maximum Gasteiger partial charge on any atom is 0.306 e. The third kappa shape index (κ3) is 50.4. The van der Waals surface area contributed by atoms with Gasteiger partial charge in [-0.3, -0.25) is 14.4 Å². The average Bonchev–Trinajstić information content (AvgIpc) is 3.29. The van der Waals surface area contributed by atoms with Crippen molar-refractivity contribution in [2.45, 2.75) is 290 Å². The summed E-state index contributed by atoms with van der Waals surface area (Å²) in [5.41, 5.74) is 0. The minimum absolute atomic E-state index is 0.0814. The number of hydrogen-bond acceptors (Lipinski definition) is 6. The molecule has 372 valence electrons. The molecule has 0 aromatic rings. The summed E-state index contributed by atoms with van der Waals surface area (Å²) in [6, 6.07) is 0. The zero-order chi connectivity index (χ0) is 46.5. The summed E-state index contributed by atoms with van der Waals surface area (Å²) in [6.45, 7) is 6.60. The third-order valence-corrected chi connectivity index (χ3v) is 12.1. The Morgan fingerprint density at radius 2 is 0.562 bits per heavy atom. The summed E-state index contributed by atoms with van der Waals surface area (Å²) < 4.78 is 16.8. The molecule has 0 amide bonds. The normalized spacial score (nSPS) is 12.4. The van der Waals surface area contributed by atoms with Gasteiger partial charge in [0, 0.05) is 19.3 Å². The predicted molar refractivity (Wildman–Crippen MR) is 275 cm³/mol. The molecule has 64 heavy (non-hydrogen) atoms. The number of ether oxygens (including phenoxy) is 3. The molecule has 6 heteroatoms. The maximum atomic E-state index is 12.8. The van der Waals surface area contributed by atoms with Crippen LogP contribution in [0.1, 0.15) is 284 Å². The summed E-state index contributed by atoms with van der Waals surface area (Å²) in [6.07, 6.45) is 63.8. The van der Waals surface area contributed by atoms with Crippen LogP contribution in [-0.2, 0) is 28.6 Å². The van der Waals surface area contributed by atoms with Crippen molar-refractivity contribution in [3.05, 3.63) is 48.6 Å². The highest BCUT2D eigenvalue weighted by molar-refractivity contribution is 5.71. The lowest BCUT2D eigenvalue weighted by Gasteiger charge is -2.18. The van der Waals surface area contributed by atoms with Crippen molar-refractivity contribution in [2.75, 3.05) is 13.2 Å². The number of unbranched alkanes of at least 4 members (excludes halogenated alkanes) is 31. The first-order valence-corrected chi connectivity index (χ1v) is 27.6. The van der Waals surface area contributed by atoms with E-state index in [0.717, 1.165) is 83.5 Å². The number of esters is 3. The van der Waals surface area contributed by atoms with Gasteiger partial charge in [0.15, 0.2) is 6.10 Å². The lowest BCUT2D eigenvalue weighted by atomic mass is 10.1. The van der Waals surface area contributed by atoms with Crippen molar-refractivity contribution in [1.29, 1.82) is 0 Å². The van der Waals surface area contributed by atoms with Gasteiger partial charge in [-0.25, -0.2) is 0 Å². The second kappa shape index (κ2) is 53.0. The van der Waals surface area contributed by atoms with E-state index < -0.39 is 6.10 Å². The average molecular weight is 897 g/mol. The van der Waals surface area contributed by atoms with Gasteiger partial charge < -0.3 is 14.2 Å². The van der Waals surface area contributed by atoms with E-state index in [2.05, 4.69) is 69.4 Å². The van der Waals surface area contributed by atoms with Gasteiger partial charge in [-0.05, 0) is 83.5 Å². The van der Waals surface area contributed by atoms with Crippen molar-refractivity contribution in [1.82, 2.24) is 0 Å². The Bertz CT molecular complexity index is 1120. The molecule has 0 fully saturated rings. The van der Waals surface area contributed by atoms with Crippen LogP contribution in [-0.4, -0.2) is 37.2 Å². The first kappa shape index (κ1) is 61.4. The summed E-state index contributed by atoms with van der Waals surface area (Å²) >= 11 is 0. The predicted octanol–water partition coefficient (Wildman–Crippen LogP) is 18.3. The number of hydrogen-bond donors (Lipinski definition) is 0. The second-order valence-corrected chi connectivity index (χ2v) is 18.5. The molecule has 0 saturated heterocycles. The van der Waals surface area contributed by atoms with E-state index >= 15 is 0 Å². The van der Waals surface area contributed by atoms with Crippen LogP contribution in [0.25, 0.3) is 0 Å². The minimum Gasteiger partial charge on any atom is -0.462 e. The van der Waals surface area contributed by atoms with Crippen LogP contribution < -0.4 is 0 Å². The molecule has 0 radical (unpaired) electrons. The Morgan fingerprint density at radius 1 is 0.312 bits per heavy atom. The van der Waals surface area contributed by atoms with Gasteiger partial charge in [0.2, 0.25) is 0 Å². The molecule has 0 unspecified atom stereocenters. The van der Waals surface area contributed by atoms with E-state index in [4.69, 9.17) is 14.2 Å². The van der Waals surface area contributed by atoms with Crippen LogP contribution in [0.15, 0.2) is 48.6 Å². The van der Waals surface area contributed by atoms with Crippen LogP contribution in [0.4, 0.5) is 0 Å². The molecule has 0 spiro atoms. The maximum absolute atomic E-state index is 12.8. The Labute approximate surface area is 397 Å². The zero-order valence-corrected chi connectivity index (χ0v) is 42.6. The topological polar surface area (TPSA) is 78.9 Å². The number of rotatable bonds is 50. The zero-order valence-electron chi connectivity index (χ0n) is 42.6. The minimum atomic E-state index is -0.783. The van der Waals surface area contributed by atoms with Gasteiger partial charge in [0.05, 0.1) is 0 Å². The summed E-state index contributed by atoms with van der Waals surface area (Å²) in [7, 11) is 0. The summed E-state index contributed by atoms with van der Waals surface area (Å²) in [5, 5.41) is 0. The third-order valence-electron chi connectivity index (χ3n) is 12.1. The van der Waals surface area contributed by atoms with E-state index in [0.29, 0.717) is 19.3 Å². The van der Waals surface area contributed by atoms with E-state index in [1.54, 1.807) is 0 Å². The van der Waals surface area contributed by atoms with E-state index in [1.807, 2.05) is 0 Å². The van der Waals surface area contributed by atoms with Crippen LogP contribution in [0.3, 0.4) is 0 Å². The molecule has 0 aliphatic carbocycles.